The lowest BCUT2D eigenvalue weighted by Gasteiger charge is -2.26. The first kappa shape index (κ1) is 17.8. The SMILES string of the molecule is C[C@H](NC(=O)C[C@@H]1OCCc2ccccc21)c1ccc([S@](C)=O)cc1. The minimum Gasteiger partial charge on any atom is -0.373 e. The molecule has 3 rings (SSSR count). The third-order valence-corrected chi connectivity index (χ3v) is 5.49. The van der Waals surface area contributed by atoms with Gasteiger partial charge in [0.05, 0.1) is 25.2 Å². The third-order valence-electron chi connectivity index (χ3n) is 4.55. The van der Waals surface area contributed by atoms with E-state index in [0.29, 0.717) is 13.0 Å². The molecule has 0 radical (unpaired) electrons. The molecule has 1 aliphatic heterocycles. The summed E-state index contributed by atoms with van der Waals surface area (Å²) < 4.78 is 17.3. The van der Waals surface area contributed by atoms with Crippen LogP contribution in [0.5, 0.6) is 0 Å². The van der Waals surface area contributed by atoms with Gasteiger partial charge in [-0.1, -0.05) is 36.4 Å². The van der Waals surface area contributed by atoms with Gasteiger partial charge in [0.2, 0.25) is 5.91 Å². The van der Waals surface area contributed by atoms with Crippen LogP contribution < -0.4 is 5.32 Å². The molecule has 1 aliphatic rings. The highest BCUT2D eigenvalue weighted by atomic mass is 32.2. The van der Waals surface area contributed by atoms with Crippen LogP contribution in [-0.2, 0) is 26.8 Å². The number of benzene rings is 2. The van der Waals surface area contributed by atoms with Gasteiger partial charge in [-0.15, -0.1) is 0 Å². The lowest BCUT2D eigenvalue weighted by molar-refractivity contribution is -0.125. The van der Waals surface area contributed by atoms with Gasteiger partial charge in [-0.3, -0.25) is 9.00 Å². The van der Waals surface area contributed by atoms with Crippen LogP contribution in [0, 0.1) is 0 Å². The van der Waals surface area contributed by atoms with E-state index in [2.05, 4.69) is 11.4 Å². The van der Waals surface area contributed by atoms with Crippen LogP contribution in [-0.4, -0.2) is 23.0 Å². The Hall–Kier alpha value is -1.98. The van der Waals surface area contributed by atoms with E-state index in [4.69, 9.17) is 4.74 Å². The van der Waals surface area contributed by atoms with Crippen molar-refractivity contribution in [1.82, 2.24) is 5.32 Å². The van der Waals surface area contributed by atoms with Gasteiger partial charge >= 0.3 is 0 Å². The molecular weight excluding hydrogens is 334 g/mol. The first-order valence-corrected chi connectivity index (χ1v) is 10.0. The Balaban J connectivity index is 1.62. The van der Waals surface area contributed by atoms with Crippen molar-refractivity contribution in [2.75, 3.05) is 12.9 Å². The van der Waals surface area contributed by atoms with Gasteiger partial charge in [0.25, 0.3) is 0 Å². The van der Waals surface area contributed by atoms with Crippen molar-refractivity contribution in [2.45, 2.75) is 36.8 Å². The second kappa shape index (κ2) is 7.93. The average Bonchev–Trinajstić information content (AvgIpc) is 2.62. The molecule has 0 saturated heterocycles. The molecule has 5 heteroatoms. The molecule has 0 aliphatic carbocycles. The first-order valence-electron chi connectivity index (χ1n) is 8.46. The Morgan fingerprint density at radius 3 is 2.68 bits per heavy atom. The van der Waals surface area contributed by atoms with Crippen LogP contribution in [0.3, 0.4) is 0 Å². The number of hydrogen-bond donors (Lipinski definition) is 1. The standard InChI is InChI=1S/C20H23NO3S/c1-14(15-7-9-17(10-8-15)25(2)23)21-20(22)13-19-18-6-4-3-5-16(18)11-12-24-19/h3-10,14,19H,11-13H2,1-2H3,(H,21,22)/t14-,19-,25-/m0/s1. The maximum Gasteiger partial charge on any atom is 0.223 e. The van der Waals surface area contributed by atoms with Gasteiger partial charge in [0.15, 0.2) is 0 Å². The third kappa shape index (κ3) is 4.35. The predicted octanol–water partition coefficient (Wildman–Crippen LogP) is 3.31. The first-order chi connectivity index (χ1) is 12.0. The van der Waals surface area contributed by atoms with Crippen molar-refractivity contribution in [3.63, 3.8) is 0 Å². The van der Waals surface area contributed by atoms with E-state index in [1.165, 1.54) is 5.56 Å². The average molecular weight is 357 g/mol. The fourth-order valence-corrected chi connectivity index (χ4v) is 3.67. The number of rotatable bonds is 5. The smallest absolute Gasteiger partial charge is 0.223 e. The summed E-state index contributed by atoms with van der Waals surface area (Å²) in [6.07, 6.45) is 2.69. The zero-order valence-corrected chi connectivity index (χ0v) is 15.3. The fourth-order valence-electron chi connectivity index (χ4n) is 3.15. The molecule has 0 saturated carbocycles. The molecule has 0 aromatic heterocycles. The molecule has 25 heavy (non-hydrogen) atoms. The topological polar surface area (TPSA) is 55.4 Å². The molecule has 132 valence electrons. The lowest BCUT2D eigenvalue weighted by Crippen LogP contribution is -2.29. The van der Waals surface area contributed by atoms with E-state index < -0.39 is 10.8 Å². The summed E-state index contributed by atoms with van der Waals surface area (Å²) in [5, 5.41) is 3.03. The minimum absolute atomic E-state index is 0.0302. The van der Waals surface area contributed by atoms with E-state index in [0.717, 1.165) is 22.4 Å². The summed E-state index contributed by atoms with van der Waals surface area (Å²) in [5.74, 6) is -0.0302. The van der Waals surface area contributed by atoms with E-state index in [-0.39, 0.29) is 18.1 Å². The van der Waals surface area contributed by atoms with Crippen LogP contribution in [0.2, 0.25) is 0 Å². The van der Waals surface area contributed by atoms with E-state index in [1.807, 2.05) is 49.4 Å². The van der Waals surface area contributed by atoms with Crippen LogP contribution in [0.1, 0.15) is 42.2 Å². The zero-order chi connectivity index (χ0) is 17.8. The lowest BCUT2D eigenvalue weighted by atomic mass is 9.95. The van der Waals surface area contributed by atoms with Gasteiger partial charge in [0.1, 0.15) is 0 Å². The highest BCUT2D eigenvalue weighted by molar-refractivity contribution is 7.84. The van der Waals surface area contributed by atoms with Crippen molar-refractivity contribution in [3.05, 3.63) is 65.2 Å². The van der Waals surface area contributed by atoms with E-state index in [1.54, 1.807) is 6.26 Å². The van der Waals surface area contributed by atoms with Crippen LogP contribution in [0.15, 0.2) is 53.4 Å². The highest BCUT2D eigenvalue weighted by Crippen LogP contribution is 2.29. The second-order valence-electron chi connectivity index (χ2n) is 6.32. The van der Waals surface area contributed by atoms with Crippen LogP contribution in [0.25, 0.3) is 0 Å². The van der Waals surface area contributed by atoms with Crippen molar-refractivity contribution < 1.29 is 13.7 Å². The molecule has 3 atom stereocenters. The number of hydrogen-bond acceptors (Lipinski definition) is 3. The molecule has 0 bridgehead atoms. The van der Waals surface area contributed by atoms with Crippen molar-refractivity contribution >= 4 is 16.7 Å². The Labute approximate surface area is 151 Å². The zero-order valence-electron chi connectivity index (χ0n) is 14.5. The van der Waals surface area contributed by atoms with Crippen LogP contribution in [0.4, 0.5) is 0 Å². The fraction of sp³-hybridized carbons (Fsp3) is 0.350. The molecule has 0 fully saturated rings. The molecule has 1 heterocycles. The maximum absolute atomic E-state index is 12.4. The van der Waals surface area contributed by atoms with Gasteiger partial charge < -0.3 is 10.1 Å². The Bertz CT molecular complexity index is 773. The van der Waals surface area contributed by atoms with E-state index in [9.17, 15) is 9.00 Å². The number of nitrogens with one attached hydrogen (secondary N) is 1. The molecule has 4 nitrogen and oxygen atoms in total. The summed E-state index contributed by atoms with van der Waals surface area (Å²) in [7, 11) is -0.991. The Kier molecular flexibility index (Phi) is 5.66. The number of ether oxygens (including phenoxy) is 1. The van der Waals surface area contributed by atoms with Gasteiger partial charge in [-0.2, -0.15) is 0 Å². The normalized spacial score (nSPS) is 18.9. The number of carbonyl (C=O) groups excluding carboxylic acids is 1. The number of fused-ring (bicyclic) bond motifs is 1. The van der Waals surface area contributed by atoms with Crippen molar-refractivity contribution in [1.29, 1.82) is 0 Å². The second-order valence-corrected chi connectivity index (χ2v) is 7.70. The molecule has 2 aromatic carbocycles. The predicted molar refractivity (Wildman–Crippen MR) is 98.8 cm³/mol. The largest absolute Gasteiger partial charge is 0.373 e. The molecule has 0 spiro atoms. The quantitative estimate of drug-likeness (QED) is 0.893. The summed E-state index contributed by atoms with van der Waals surface area (Å²) >= 11 is 0. The minimum atomic E-state index is -0.991. The monoisotopic (exact) mass is 357 g/mol. The Morgan fingerprint density at radius 1 is 1.24 bits per heavy atom. The van der Waals surface area contributed by atoms with Crippen molar-refractivity contribution in [2.24, 2.45) is 0 Å². The summed E-state index contributed by atoms with van der Waals surface area (Å²) in [4.78, 5) is 13.2. The summed E-state index contributed by atoms with van der Waals surface area (Å²) in [6.45, 7) is 2.60. The Morgan fingerprint density at radius 2 is 1.96 bits per heavy atom. The van der Waals surface area contributed by atoms with E-state index >= 15 is 0 Å². The van der Waals surface area contributed by atoms with Crippen molar-refractivity contribution in [3.8, 4) is 0 Å². The highest BCUT2D eigenvalue weighted by Gasteiger charge is 2.23. The van der Waals surface area contributed by atoms with Gasteiger partial charge in [-0.05, 0) is 42.2 Å². The summed E-state index contributed by atoms with van der Waals surface area (Å²) in [5.41, 5.74) is 3.38. The summed E-state index contributed by atoms with van der Waals surface area (Å²) in [6, 6.07) is 15.6. The van der Waals surface area contributed by atoms with Gasteiger partial charge in [-0.25, -0.2) is 0 Å². The molecular formula is C20H23NO3S. The maximum atomic E-state index is 12.4. The molecule has 0 unspecified atom stereocenters. The number of carbonyl (C=O) groups is 1. The number of amides is 1. The molecule has 1 amide bonds. The molecule has 1 N–H and O–H groups in total. The molecule has 2 aromatic rings. The van der Waals surface area contributed by atoms with Gasteiger partial charge in [0, 0.05) is 22.0 Å². The van der Waals surface area contributed by atoms with Crippen LogP contribution >= 0.6 is 0 Å².